The molecule has 3 rings (SSSR count). The zero-order valence-electron chi connectivity index (χ0n) is 9.28. The van der Waals surface area contributed by atoms with E-state index in [-0.39, 0.29) is 0 Å². The van der Waals surface area contributed by atoms with Gasteiger partial charge in [-0.2, -0.15) is 4.98 Å². The predicted octanol–water partition coefficient (Wildman–Crippen LogP) is 3.09. The molecule has 0 N–H and O–H groups in total. The van der Waals surface area contributed by atoms with Crippen molar-refractivity contribution in [1.82, 2.24) is 9.97 Å². The quantitative estimate of drug-likeness (QED) is 0.660. The van der Waals surface area contributed by atoms with Crippen molar-refractivity contribution in [2.75, 3.05) is 0 Å². The van der Waals surface area contributed by atoms with Gasteiger partial charge >= 0.3 is 0 Å². The van der Waals surface area contributed by atoms with Crippen LogP contribution in [0.4, 0.5) is 0 Å². The molecule has 0 atom stereocenters. The summed E-state index contributed by atoms with van der Waals surface area (Å²) < 4.78 is 11.1. The van der Waals surface area contributed by atoms with Crippen LogP contribution >= 0.6 is 0 Å². The van der Waals surface area contributed by atoms with E-state index in [9.17, 15) is 0 Å². The fourth-order valence-corrected chi connectivity index (χ4v) is 1.73. The van der Waals surface area contributed by atoms with Crippen LogP contribution in [0.3, 0.4) is 0 Å². The number of aryl methyl sites for hydroxylation is 2. The van der Waals surface area contributed by atoms with Crippen molar-refractivity contribution in [3.8, 4) is 0 Å². The van der Waals surface area contributed by atoms with E-state index in [4.69, 9.17) is 8.83 Å². The molecule has 16 heavy (non-hydrogen) atoms. The van der Waals surface area contributed by atoms with E-state index in [1.807, 2.05) is 26.0 Å². The molecule has 0 saturated carbocycles. The zero-order chi connectivity index (χ0) is 11.1. The minimum absolute atomic E-state index is 0.557. The van der Waals surface area contributed by atoms with Crippen LogP contribution in [0.5, 0.6) is 0 Å². The summed E-state index contributed by atoms with van der Waals surface area (Å²) in [5.41, 5.74) is 2.71. The predicted molar refractivity (Wildman–Crippen MR) is 60.3 cm³/mol. The molecule has 0 aliphatic carbocycles. The summed E-state index contributed by atoms with van der Waals surface area (Å²) in [6.07, 6.45) is 1.69. The second-order valence-corrected chi connectivity index (χ2v) is 3.74. The van der Waals surface area contributed by atoms with E-state index >= 15 is 0 Å². The summed E-state index contributed by atoms with van der Waals surface area (Å²) in [4.78, 5) is 8.78. The Morgan fingerprint density at radius 2 is 1.38 bits per heavy atom. The highest BCUT2D eigenvalue weighted by Gasteiger charge is 2.10. The van der Waals surface area contributed by atoms with E-state index in [1.54, 1.807) is 0 Å². The number of furan rings is 2. The first-order chi connectivity index (χ1) is 7.80. The van der Waals surface area contributed by atoms with Crippen molar-refractivity contribution < 1.29 is 8.83 Å². The third-order valence-electron chi connectivity index (χ3n) is 2.63. The lowest BCUT2D eigenvalue weighted by molar-refractivity contribution is 0.530. The first-order valence-corrected chi connectivity index (χ1v) is 5.49. The van der Waals surface area contributed by atoms with Crippen LogP contribution < -0.4 is 0 Å². The average molecular weight is 216 g/mol. The monoisotopic (exact) mass is 216 g/mol. The minimum atomic E-state index is 0.557. The molecule has 0 radical (unpaired) electrons. The number of fused-ring (bicyclic) bond motifs is 2. The molecule has 3 heterocycles. The van der Waals surface area contributed by atoms with E-state index in [1.165, 1.54) is 0 Å². The van der Waals surface area contributed by atoms with Gasteiger partial charge in [-0.1, -0.05) is 13.8 Å². The molecule has 0 aliphatic heterocycles. The highest BCUT2D eigenvalue weighted by atomic mass is 16.4. The molecule has 0 bridgehead atoms. The standard InChI is InChI=1S/C12H12N2O2/c1-3-7-5-9-11(15-7)14-12-10(13-9)6-8(4-2)16-12/h5-6H,3-4H2,1-2H3. The molecule has 82 valence electrons. The van der Waals surface area contributed by atoms with Gasteiger partial charge in [-0.3, -0.25) is 0 Å². The van der Waals surface area contributed by atoms with Gasteiger partial charge in [0.25, 0.3) is 0 Å². The molecule has 0 aliphatic rings. The molecule has 0 amide bonds. The first-order valence-electron chi connectivity index (χ1n) is 5.49. The molecular weight excluding hydrogens is 204 g/mol. The fraction of sp³-hybridized carbons (Fsp3) is 0.333. The summed E-state index contributed by atoms with van der Waals surface area (Å²) in [6.45, 7) is 4.08. The topological polar surface area (TPSA) is 52.1 Å². The molecule has 3 aromatic rings. The van der Waals surface area contributed by atoms with Gasteiger partial charge in [0, 0.05) is 25.0 Å². The third kappa shape index (κ3) is 1.30. The van der Waals surface area contributed by atoms with Crippen LogP contribution in [0.1, 0.15) is 25.4 Å². The molecule has 0 saturated heterocycles. The maximum atomic E-state index is 5.53. The Labute approximate surface area is 92.3 Å². The summed E-state index contributed by atoms with van der Waals surface area (Å²) in [5.74, 6) is 1.80. The number of nitrogens with zero attached hydrogens (tertiary/aromatic N) is 2. The molecule has 0 fully saturated rings. The number of hydrogen-bond acceptors (Lipinski definition) is 4. The van der Waals surface area contributed by atoms with Gasteiger partial charge < -0.3 is 8.83 Å². The molecule has 0 aromatic carbocycles. The van der Waals surface area contributed by atoms with Gasteiger partial charge in [-0.25, -0.2) is 4.98 Å². The van der Waals surface area contributed by atoms with Crippen LogP contribution in [0, 0.1) is 0 Å². The van der Waals surface area contributed by atoms with E-state index in [0.29, 0.717) is 11.4 Å². The van der Waals surface area contributed by atoms with Crippen molar-refractivity contribution in [1.29, 1.82) is 0 Å². The molecule has 0 spiro atoms. The van der Waals surface area contributed by atoms with E-state index in [0.717, 1.165) is 35.4 Å². The summed E-state index contributed by atoms with van der Waals surface area (Å²) in [7, 11) is 0. The summed E-state index contributed by atoms with van der Waals surface area (Å²) in [6, 6.07) is 3.86. The van der Waals surface area contributed by atoms with Crippen molar-refractivity contribution in [2.24, 2.45) is 0 Å². The Morgan fingerprint density at radius 1 is 0.875 bits per heavy atom. The van der Waals surface area contributed by atoms with Crippen molar-refractivity contribution in [2.45, 2.75) is 26.7 Å². The van der Waals surface area contributed by atoms with Crippen molar-refractivity contribution >= 4 is 22.5 Å². The molecule has 4 heteroatoms. The number of rotatable bonds is 2. The van der Waals surface area contributed by atoms with E-state index < -0.39 is 0 Å². The second kappa shape index (κ2) is 3.33. The Morgan fingerprint density at radius 3 is 1.81 bits per heavy atom. The number of aromatic nitrogens is 2. The maximum Gasteiger partial charge on any atom is 0.248 e. The fourth-order valence-electron chi connectivity index (χ4n) is 1.73. The maximum absolute atomic E-state index is 5.53. The van der Waals surface area contributed by atoms with Crippen LogP contribution in [-0.4, -0.2) is 9.97 Å². The summed E-state index contributed by atoms with van der Waals surface area (Å²) in [5, 5.41) is 0. The molecule has 0 unspecified atom stereocenters. The SMILES string of the molecule is CCc1cc2nc3cc(CC)oc3nc2o1. The Hall–Kier alpha value is -1.84. The van der Waals surface area contributed by atoms with Crippen LogP contribution in [0.25, 0.3) is 22.5 Å². The van der Waals surface area contributed by atoms with Gasteiger partial charge in [-0.05, 0) is 0 Å². The van der Waals surface area contributed by atoms with Gasteiger partial charge in [0.15, 0.2) is 0 Å². The Kier molecular flexibility index (Phi) is 1.96. The third-order valence-corrected chi connectivity index (χ3v) is 2.63. The van der Waals surface area contributed by atoms with Gasteiger partial charge in [0.1, 0.15) is 22.6 Å². The minimum Gasteiger partial charge on any atom is -0.441 e. The van der Waals surface area contributed by atoms with Crippen molar-refractivity contribution in [3.05, 3.63) is 23.7 Å². The lowest BCUT2D eigenvalue weighted by Gasteiger charge is -1.87. The average Bonchev–Trinajstić information content (AvgIpc) is 2.86. The highest BCUT2D eigenvalue weighted by molar-refractivity contribution is 5.81. The largest absolute Gasteiger partial charge is 0.441 e. The van der Waals surface area contributed by atoms with Crippen molar-refractivity contribution in [3.63, 3.8) is 0 Å². The van der Waals surface area contributed by atoms with Gasteiger partial charge in [-0.15, -0.1) is 0 Å². The second-order valence-electron chi connectivity index (χ2n) is 3.74. The Bertz CT molecular complexity index is 547. The number of hydrogen-bond donors (Lipinski definition) is 0. The summed E-state index contributed by atoms with van der Waals surface area (Å²) >= 11 is 0. The molecular formula is C12H12N2O2. The molecule has 3 aromatic heterocycles. The van der Waals surface area contributed by atoms with E-state index in [2.05, 4.69) is 9.97 Å². The van der Waals surface area contributed by atoms with Gasteiger partial charge in [0.2, 0.25) is 11.4 Å². The van der Waals surface area contributed by atoms with Crippen LogP contribution in [0.2, 0.25) is 0 Å². The lowest BCUT2D eigenvalue weighted by atomic mass is 10.3. The van der Waals surface area contributed by atoms with Gasteiger partial charge in [0.05, 0.1) is 0 Å². The highest BCUT2D eigenvalue weighted by Crippen LogP contribution is 2.22. The molecule has 4 nitrogen and oxygen atoms in total. The van der Waals surface area contributed by atoms with Crippen LogP contribution in [0.15, 0.2) is 21.0 Å². The normalized spacial score (nSPS) is 11.6. The zero-order valence-corrected chi connectivity index (χ0v) is 9.28. The van der Waals surface area contributed by atoms with Crippen LogP contribution in [-0.2, 0) is 12.8 Å². The smallest absolute Gasteiger partial charge is 0.248 e. The lowest BCUT2D eigenvalue weighted by Crippen LogP contribution is -1.78. The first kappa shape index (κ1) is 9.39. The Balaban J connectivity index is 2.28.